The Labute approximate surface area is 113 Å². The standard InChI is InChI=1S/C12H20N2O4S/c1-3-9(6-7-15)14-19(16,17)12-5-4-10(18-2)8-11(12)13/h4-5,8-9,14-15H,3,6-7,13H2,1-2H3. The van der Waals surface area contributed by atoms with Crippen LogP contribution in [0.25, 0.3) is 0 Å². The Morgan fingerprint density at radius 2 is 2.16 bits per heavy atom. The topological polar surface area (TPSA) is 102 Å². The van der Waals surface area contributed by atoms with Crippen molar-refractivity contribution < 1.29 is 18.3 Å². The first-order chi connectivity index (χ1) is 8.94. The highest BCUT2D eigenvalue weighted by molar-refractivity contribution is 7.89. The molecule has 1 aromatic rings. The molecule has 0 saturated heterocycles. The quantitative estimate of drug-likeness (QED) is 0.642. The minimum Gasteiger partial charge on any atom is -0.497 e. The fourth-order valence-electron chi connectivity index (χ4n) is 1.68. The number of ether oxygens (including phenoxy) is 1. The Morgan fingerprint density at radius 3 is 2.63 bits per heavy atom. The van der Waals surface area contributed by atoms with Gasteiger partial charge in [-0.25, -0.2) is 13.1 Å². The van der Waals surface area contributed by atoms with Crippen molar-refractivity contribution in [3.63, 3.8) is 0 Å². The molecule has 0 amide bonds. The predicted molar refractivity (Wildman–Crippen MR) is 73.5 cm³/mol. The lowest BCUT2D eigenvalue weighted by Gasteiger charge is -2.17. The second kappa shape index (κ2) is 6.74. The molecule has 0 aromatic heterocycles. The van der Waals surface area contributed by atoms with Gasteiger partial charge >= 0.3 is 0 Å². The van der Waals surface area contributed by atoms with Crippen LogP contribution in [-0.4, -0.2) is 33.3 Å². The molecule has 0 spiro atoms. The molecular weight excluding hydrogens is 268 g/mol. The van der Waals surface area contributed by atoms with E-state index in [4.69, 9.17) is 15.6 Å². The molecule has 0 aliphatic carbocycles. The molecule has 6 nitrogen and oxygen atoms in total. The number of benzene rings is 1. The maximum Gasteiger partial charge on any atom is 0.242 e. The molecule has 1 unspecified atom stereocenters. The van der Waals surface area contributed by atoms with Gasteiger partial charge in [-0.15, -0.1) is 0 Å². The van der Waals surface area contributed by atoms with Gasteiger partial charge in [0.05, 0.1) is 12.8 Å². The number of hydrogen-bond donors (Lipinski definition) is 3. The SMILES string of the molecule is CCC(CCO)NS(=O)(=O)c1ccc(OC)cc1N. The van der Waals surface area contributed by atoms with Crippen molar-refractivity contribution in [2.45, 2.75) is 30.7 Å². The lowest BCUT2D eigenvalue weighted by Crippen LogP contribution is -2.35. The van der Waals surface area contributed by atoms with Crippen LogP contribution in [0.5, 0.6) is 5.75 Å². The lowest BCUT2D eigenvalue weighted by atomic mass is 10.2. The highest BCUT2D eigenvalue weighted by Crippen LogP contribution is 2.24. The van der Waals surface area contributed by atoms with Crippen LogP contribution in [-0.2, 0) is 10.0 Å². The summed E-state index contributed by atoms with van der Waals surface area (Å²) in [6.45, 7) is 1.78. The first kappa shape index (κ1) is 15.7. The second-order valence-corrected chi connectivity index (χ2v) is 5.82. The van der Waals surface area contributed by atoms with Crippen LogP contribution in [0.2, 0.25) is 0 Å². The number of aliphatic hydroxyl groups excluding tert-OH is 1. The number of anilines is 1. The summed E-state index contributed by atoms with van der Waals surface area (Å²) in [6, 6.07) is 4.10. The molecule has 0 bridgehead atoms. The third kappa shape index (κ3) is 4.09. The highest BCUT2D eigenvalue weighted by Gasteiger charge is 2.21. The molecule has 19 heavy (non-hydrogen) atoms. The van der Waals surface area contributed by atoms with Gasteiger partial charge in [-0.3, -0.25) is 0 Å². The summed E-state index contributed by atoms with van der Waals surface area (Å²) in [5.74, 6) is 0.499. The van der Waals surface area contributed by atoms with E-state index in [9.17, 15) is 8.42 Å². The van der Waals surface area contributed by atoms with Gasteiger partial charge in [-0.2, -0.15) is 0 Å². The van der Waals surface area contributed by atoms with E-state index in [0.29, 0.717) is 18.6 Å². The van der Waals surface area contributed by atoms with Crippen LogP contribution >= 0.6 is 0 Å². The summed E-state index contributed by atoms with van der Waals surface area (Å²) in [5, 5.41) is 8.88. The number of aliphatic hydroxyl groups is 1. The van der Waals surface area contributed by atoms with Crippen molar-refractivity contribution in [2.75, 3.05) is 19.5 Å². The molecule has 108 valence electrons. The van der Waals surface area contributed by atoms with Gasteiger partial charge in [0.25, 0.3) is 0 Å². The van der Waals surface area contributed by atoms with Crippen LogP contribution in [0.4, 0.5) is 5.69 Å². The summed E-state index contributed by atoms with van der Waals surface area (Å²) < 4.78 is 31.9. The summed E-state index contributed by atoms with van der Waals surface area (Å²) in [6.07, 6.45) is 0.960. The first-order valence-electron chi connectivity index (χ1n) is 6.01. The van der Waals surface area contributed by atoms with Gasteiger partial charge in [0.1, 0.15) is 10.6 Å². The van der Waals surface area contributed by atoms with E-state index in [1.54, 1.807) is 0 Å². The molecule has 0 fully saturated rings. The molecule has 0 radical (unpaired) electrons. The fraction of sp³-hybridized carbons (Fsp3) is 0.500. The van der Waals surface area contributed by atoms with E-state index in [0.717, 1.165) is 0 Å². The van der Waals surface area contributed by atoms with E-state index in [1.165, 1.54) is 25.3 Å². The Hall–Kier alpha value is -1.31. The molecule has 0 aliphatic heterocycles. The number of nitrogen functional groups attached to an aromatic ring is 1. The number of nitrogens with one attached hydrogen (secondary N) is 1. The molecule has 4 N–H and O–H groups in total. The second-order valence-electron chi connectivity index (χ2n) is 4.14. The molecule has 7 heteroatoms. The third-order valence-corrected chi connectivity index (χ3v) is 4.39. The number of sulfonamides is 1. The molecule has 1 aromatic carbocycles. The third-order valence-electron chi connectivity index (χ3n) is 2.80. The smallest absolute Gasteiger partial charge is 0.242 e. The van der Waals surface area contributed by atoms with Crippen molar-refractivity contribution >= 4 is 15.7 Å². The average Bonchev–Trinajstić information content (AvgIpc) is 2.37. The summed E-state index contributed by atoms with van der Waals surface area (Å²) in [4.78, 5) is 0.0182. The van der Waals surface area contributed by atoms with Gasteiger partial charge in [-0.05, 0) is 25.0 Å². The lowest BCUT2D eigenvalue weighted by molar-refractivity contribution is 0.270. The summed E-state index contributed by atoms with van der Waals surface area (Å²) in [5.41, 5.74) is 5.86. The van der Waals surface area contributed by atoms with Gasteiger partial charge in [0.15, 0.2) is 0 Å². The molecule has 0 aliphatic rings. The van der Waals surface area contributed by atoms with E-state index < -0.39 is 10.0 Å². The fourth-order valence-corrected chi connectivity index (χ4v) is 3.15. The minimum absolute atomic E-state index is 0.0182. The summed E-state index contributed by atoms with van der Waals surface area (Å²) >= 11 is 0. The molecular formula is C12H20N2O4S. The number of rotatable bonds is 7. The monoisotopic (exact) mass is 288 g/mol. The zero-order chi connectivity index (χ0) is 14.5. The van der Waals surface area contributed by atoms with Gasteiger partial charge in [0.2, 0.25) is 10.0 Å². The normalized spacial score (nSPS) is 13.2. The predicted octanol–water partition coefficient (Wildman–Crippen LogP) is 0.717. The van der Waals surface area contributed by atoms with Gasteiger partial charge in [-0.1, -0.05) is 6.92 Å². The van der Waals surface area contributed by atoms with Crippen molar-refractivity contribution in [1.29, 1.82) is 0 Å². The zero-order valence-corrected chi connectivity index (χ0v) is 11.9. The largest absolute Gasteiger partial charge is 0.497 e. The molecule has 0 heterocycles. The Kier molecular flexibility index (Phi) is 5.59. The number of methoxy groups -OCH3 is 1. The minimum atomic E-state index is -3.69. The molecule has 0 saturated carbocycles. The van der Waals surface area contributed by atoms with Crippen LogP contribution in [0.1, 0.15) is 19.8 Å². The van der Waals surface area contributed by atoms with E-state index in [2.05, 4.69) is 4.72 Å². The van der Waals surface area contributed by atoms with Gasteiger partial charge in [0, 0.05) is 18.7 Å². The molecule has 1 rings (SSSR count). The van der Waals surface area contributed by atoms with Crippen LogP contribution in [0.3, 0.4) is 0 Å². The number of nitrogens with two attached hydrogens (primary N) is 1. The van der Waals surface area contributed by atoms with Crippen molar-refractivity contribution in [3.8, 4) is 5.75 Å². The highest BCUT2D eigenvalue weighted by atomic mass is 32.2. The van der Waals surface area contributed by atoms with Crippen molar-refractivity contribution in [1.82, 2.24) is 4.72 Å². The van der Waals surface area contributed by atoms with Crippen LogP contribution in [0.15, 0.2) is 23.1 Å². The Morgan fingerprint density at radius 1 is 1.47 bits per heavy atom. The first-order valence-corrected chi connectivity index (χ1v) is 7.49. The maximum absolute atomic E-state index is 12.2. The zero-order valence-electron chi connectivity index (χ0n) is 11.1. The number of hydrogen-bond acceptors (Lipinski definition) is 5. The van der Waals surface area contributed by atoms with Crippen molar-refractivity contribution in [2.24, 2.45) is 0 Å². The molecule has 1 atom stereocenters. The van der Waals surface area contributed by atoms with E-state index in [1.807, 2.05) is 6.92 Å². The summed E-state index contributed by atoms with van der Waals surface area (Å²) in [7, 11) is -2.21. The van der Waals surface area contributed by atoms with Crippen LogP contribution < -0.4 is 15.2 Å². The maximum atomic E-state index is 12.2. The Balaban J connectivity index is 3.00. The van der Waals surface area contributed by atoms with Gasteiger partial charge < -0.3 is 15.6 Å². The van der Waals surface area contributed by atoms with Crippen LogP contribution in [0, 0.1) is 0 Å². The van der Waals surface area contributed by atoms with E-state index >= 15 is 0 Å². The average molecular weight is 288 g/mol. The van der Waals surface area contributed by atoms with Crippen molar-refractivity contribution in [3.05, 3.63) is 18.2 Å². The van der Waals surface area contributed by atoms with E-state index in [-0.39, 0.29) is 23.2 Å². The Bertz CT molecular complexity index is 516.